The second-order valence-electron chi connectivity index (χ2n) is 6.59. The zero-order valence-electron chi connectivity index (χ0n) is 14.9. The number of nitrogens with one attached hydrogen (secondary N) is 2. The Kier molecular flexibility index (Phi) is 5.55. The number of carbonyl (C=O) groups excluding carboxylic acids is 2. The molecule has 0 spiro atoms. The fourth-order valence-electron chi connectivity index (χ4n) is 3.17. The van der Waals surface area contributed by atoms with E-state index in [1.807, 2.05) is 25.1 Å². The molecule has 1 saturated heterocycles. The molecule has 136 valence electrons. The van der Waals surface area contributed by atoms with Gasteiger partial charge in [0.05, 0.1) is 12.2 Å². The summed E-state index contributed by atoms with van der Waals surface area (Å²) in [5.74, 6) is 0.710. The molecule has 1 unspecified atom stereocenters. The molecule has 2 aliphatic rings. The summed E-state index contributed by atoms with van der Waals surface area (Å²) in [6.45, 7) is 9.28. The van der Waals surface area contributed by atoms with Gasteiger partial charge >= 0.3 is 0 Å². The van der Waals surface area contributed by atoms with E-state index in [1.165, 1.54) is 0 Å². The number of amides is 2. The van der Waals surface area contributed by atoms with Crippen molar-refractivity contribution in [1.29, 1.82) is 0 Å². The maximum Gasteiger partial charge on any atom is 0.265 e. The van der Waals surface area contributed by atoms with Gasteiger partial charge in [0, 0.05) is 39.3 Å². The van der Waals surface area contributed by atoms with Gasteiger partial charge in [0.2, 0.25) is 5.91 Å². The third-order valence-corrected chi connectivity index (χ3v) is 4.59. The summed E-state index contributed by atoms with van der Waals surface area (Å²) < 4.78 is 5.59. The zero-order valence-corrected chi connectivity index (χ0v) is 14.9. The first-order valence-corrected chi connectivity index (χ1v) is 8.87. The third kappa shape index (κ3) is 4.49. The normalized spacial score (nSPS) is 21.2. The van der Waals surface area contributed by atoms with Crippen LogP contribution in [0.15, 0.2) is 18.2 Å². The topological polar surface area (TPSA) is 73.9 Å². The number of piperazine rings is 1. The number of likely N-dealkylation sites (N-methyl/N-ethyl adjacent to an activating group) is 1. The van der Waals surface area contributed by atoms with Gasteiger partial charge in [0.15, 0.2) is 6.10 Å². The quantitative estimate of drug-likeness (QED) is 0.819. The first kappa shape index (κ1) is 17.7. The Morgan fingerprint density at radius 1 is 1.28 bits per heavy atom. The monoisotopic (exact) mass is 346 g/mol. The number of hydrogen-bond donors (Lipinski definition) is 2. The van der Waals surface area contributed by atoms with Crippen molar-refractivity contribution in [2.24, 2.45) is 0 Å². The van der Waals surface area contributed by atoms with Gasteiger partial charge in [0.1, 0.15) is 5.75 Å². The van der Waals surface area contributed by atoms with Crippen molar-refractivity contribution < 1.29 is 14.3 Å². The Hall–Kier alpha value is -2.12. The van der Waals surface area contributed by atoms with Crippen molar-refractivity contribution in [1.82, 2.24) is 15.1 Å². The Balaban J connectivity index is 1.52. The van der Waals surface area contributed by atoms with E-state index in [1.54, 1.807) is 6.92 Å². The summed E-state index contributed by atoms with van der Waals surface area (Å²) in [5, 5.41) is 5.73. The minimum atomic E-state index is -0.448. The van der Waals surface area contributed by atoms with E-state index in [0.717, 1.165) is 49.7 Å². The molecule has 2 N–H and O–H groups in total. The largest absolute Gasteiger partial charge is 0.479 e. The van der Waals surface area contributed by atoms with E-state index >= 15 is 0 Å². The predicted molar refractivity (Wildman–Crippen MR) is 95.6 cm³/mol. The van der Waals surface area contributed by atoms with Crippen molar-refractivity contribution in [3.63, 3.8) is 0 Å². The summed E-state index contributed by atoms with van der Waals surface area (Å²) >= 11 is 0. The lowest BCUT2D eigenvalue weighted by Gasteiger charge is -2.34. The number of ether oxygens (including phenoxy) is 1. The summed E-state index contributed by atoms with van der Waals surface area (Å²) in [6, 6.07) is 5.95. The van der Waals surface area contributed by atoms with E-state index in [9.17, 15) is 9.59 Å². The first-order chi connectivity index (χ1) is 12.0. The predicted octanol–water partition coefficient (Wildman–Crippen LogP) is 0.660. The summed E-state index contributed by atoms with van der Waals surface area (Å²) in [7, 11) is 0. The van der Waals surface area contributed by atoms with Crippen LogP contribution in [-0.2, 0) is 16.1 Å². The molecule has 7 heteroatoms. The lowest BCUT2D eigenvalue weighted by Crippen LogP contribution is -2.49. The van der Waals surface area contributed by atoms with Crippen LogP contribution in [0.2, 0.25) is 0 Å². The van der Waals surface area contributed by atoms with Crippen LogP contribution in [0.4, 0.5) is 5.69 Å². The fourth-order valence-corrected chi connectivity index (χ4v) is 3.17. The van der Waals surface area contributed by atoms with Crippen LogP contribution in [0, 0.1) is 0 Å². The first-order valence-electron chi connectivity index (χ1n) is 8.87. The average molecular weight is 346 g/mol. The lowest BCUT2D eigenvalue weighted by atomic mass is 10.1. The maximum atomic E-state index is 11.7. The van der Waals surface area contributed by atoms with E-state index < -0.39 is 6.10 Å². The highest BCUT2D eigenvalue weighted by molar-refractivity contribution is 5.97. The molecule has 0 aliphatic carbocycles. The molecule has 3 rings (SSSR count). The lowest BCUT2D eigenvalue weighted by molar-refractivity contribution is -0.123. The number of benzene rings is 1. The van der Waals surface area contributed by atoms with Gasteiger partial charge in [-0.2, -0.15) is 0 Å². The van der Waals surface area contributed by atoms with Crippen LogP contribution in [0.1, 0.15) is 19.4 Å². The van der Waals surface area contributed by atoms with E-state index in [2.05, 4.69) is 20.4 Å². The van der Waals surface area contributed by atoms with Gasteiger partial charge in [0.25, 0.3) is 5.91 Å². The molecule has 1 atom stereocenters. The molecule has 25 heavy (non-hydrogen) atoms. The highest BCUT2D eigenvalue weighted by atomic mass is 16.5. The number of anilines is 1. The van der Waals surface area contributed by atoms with Gasteiger partial charge in [-0.15, -0.1) is 0 Å². The Labute approximate surface area is 148 Å². The number of carbonyl (C=O) groups is 2. The molecule has 0 saturated carbocycles. The number of rotatable bonds is 5. The highest BCUT2D eigenvalue weighted by Crippen LogP contribution is 2.30. The van der Waals surface area contributed by atoms with Crippen LogP contribution in [0.5, 0.6) is 5.75 Å². The molecular formula is C18H26N4O3. The van der Waals surface area contributed by atoms with Crippen LogP contribution < -0.4 is 15.4 Å². The maximum absolute atomic E-state index is 11.7. The molecule has 1 aromatic rings. The number of hydrogen-bond acceptors (Lipinski definition) is 5. The summed E-state index contributed by atoms with van der Waals surface area (Å²) in [4.78, 5) is 28.0. The molecule has 1 aromatic carbocycles. The Bertz CT molecular complexity index is 641. The molecular weight excluding hydrogens is 320 g/mol. The molecule has 0 bridgehead atoms. The zero-order chi connectivity index (χ0) is 17.8. The van der Waals surface area contributed by atoms with Gasteiger partial charge in [-0.1, -0.05) is 6.07 Å². The fraction of sp³-hybridized carbons (Fsp3) is 0.556. The van der Waals surface area contributed by atoms with E-state index in [4.69, 9.17) is 4.74 Å². The van der Waals surface area contributed by atoms with Crippen molar-refractivity contribution >= 4 is 17.5 Å². The second-order valence-corrected chi connectivity index (χ2v) is 6.59. The van der Waals surface area contributed by atoms with E-state index in [-0.39, 0.29) is 11.8 Å². The minimum absolute atomic E-state index is 0.0932. The third-order valence-electron chi connectivity index (χ3n) is 4.59. The smallest absolute Gasteiger partial charge is 0.265 e. The molecule has 2 heterocycles. The summed E-state index contributed by atoms with van der Waals surface area (Å²) in [6.07, 6.45) is -0.448. The molecule has 0 aromatic heterocycles. The molecule has 7 nitrogen and oxygen atoms in total. The van der Waals surface area contributed by atoms with Crippen molar-refractivity contribution in [2.45, 2.75) is 26.5 Å². The van der Waals surface area contributed by atoms with E-state index in [0.29, 0.717) is 13.1 Å². The van der Waals surface area contributed by atoms with Gasteiger partial charge in [-0.3, -0.25) is 19.4 Å². The molecule has 2 amide bonds. The standard InChI is InChI=1S/C18H26N4O3/c1-3-19-17(23)12-22-8-6-21(7-9-22)11-14-4-5-16-15(10-14)20-18(24)13(2)25-16/h4-5,10,13H,3,6-9,11-12H2,1-2H3,(H,19,23)(H,20,24). The van der Waals surface area contributed by atoms with Crippen LogP contribution in [0.25, 0.3) is 0 Å². The molecule has 0 radical (unpaired) electrons. The van der Waals surface area contributed by atoms with Crippen molar-refractivity contribution in [3.05, 3.63) is 23.8 Å². The molecule has 2 aliphatic heterocycles. The van der Waals surface area contributed by atoms with Crippen LogP contribution in [-0.4, -0.2) is 67.0 Å². The van der Waals surface area contributed by atoms with Gasteiger partial charge in [-0.25, -0.2) is 0 Å². The average Bonchev–Trinajstić information content (AvgIpc) is 2.58. The van der Waals surface area contributed by atoms with Crippen LogP contribution >= 0.6 is 0 Å². The number of nitrogens with zero attached hydrogens (tertiary/aromatic N) is 2. The summed E-state index contributed by atoms with van der Waals surface area (Å²) in [5.41, 5.74) is 1.89. The SMILES string of the molecule is CCNC(=O)CN1CCN(Cc2ccc3c(c2)NC(=O)C(C)O3)CC1. The second kappa shape index (κ2) is 7.84. The highest BCUT2D eigenvalue weighted by Gasteiger charge is 2.24. The van der Waals surface area contributed by atoms with Crippen molar-refractivity contribution in [3.8, 4) is 5.75 Å². The van der Waals surface area contributed by atoms with Gasteiger partial charge in [-0.05, 0) is 31.5 Å². The van der Waals surface area contributed by atoms with Crippen LogP contribution in [0.3, 0.4) is 0 Å². The number of fused-ring (bicyclic) bond motifs is 1. The Morgan fingerprint density at radius 2 is 2.00 bits per heavy atom. The van der Waals surface area contributed by atoms with Crippen molar-refractivity contribution in [2.75, 3.05) is 44.6 Å². The Morgan fingerprint density at radius 3 is 2.72 bits per heavy atom. The minimum Gasteiger partial charge on any atom is -0.479 e. The molecule has 1 fully saturated rings. The van der Waals surface area contributed by atoms with Gasteiger partial charge < -0.3 is 15.4 Å².